The molecule has 3 aromatic rings. The molecule has 1 heterocycles. The van der Waals surface area contributed by atoms with Gasteiger partial charge in [-0.15, -0.1) is 0 Å². The fourth-order valence-electron chi connectivity index (χ4n) is 3.91. The molecule has 158 valence electrons. The first kappa shape index (κ1) is 20.7. The van der Waals surface area contributed by atoms with Gasteiger partial charge in [0.1, 0.15) is 5.75 Å². The standard InChI is InChI=1S/C24H18F3NO3/c1-2-23(15-7-4-3-5-8-15,31-17-13-11-16(12-14-17)24(25,26)27)19-10-6-9-18-20(19)22(30)28-21(18)29/h3-14H,2H2,1H3,(H,28,29,30). The van der Waals surface area contributed by atoms with E-state index < -0.39 is 29.2 Å². The van der Waals surface area contributed by atoms with Crippen molar-refractivity contribution < 1.29 is 27.5 Å². The molecule has 0 aliphatic carbocycles. The number of ether oxygens (including phenoxy) is 1. The summed E-state index contributed by atoms with van der Waals surface area (Å²) in [6.07, 6.45) is -4.10. The van der Waals surface area contributed by atoms with E-state index in [1.807, 2.05) is 37.3 Å². The van der Waals surface area contributed by atoms with Crippen molar-refractivity contribution in [2.45, 2.75) is 25.1 Å². The minimum atomic E-state index is -4.46. The van der Waals surface area contributed by atoms with Gasteiger partial charge in [-0.25, -0.2) is 0 Å². The van der Waals surface area contributed by atoms with Gasteiger partial charge in [0.15, 0.2) is 5.60 Å². The van der Waals surface area contributed by atoms with Crippen LogP contribution in [0.3, 0.4) is 0 Å². The summed E-state index contributed by atoms with van der Waals surface area (Å²) in [7, 11) is 0. The third kappa shape index (κ3) is 3.56. The van der Waals surface area contributed by atoms with Gasteiger partial charge < -0.3 is 4.74 Å². The van der Waals surface area contributed by atoms with Crippen LogP contribution < -0.4 is 10.1 Å². The summed E-state index contributed by atoms with van der Waals surface area (Å²) in [6.45, 7) is 1.85. The highest BCUT2D eigenvalue weighted by Crippen LogP contribution is 2.42. The predicted molar refractivity (Wildman–Crippen MR) is 108 cm³/mol. The van der Waals surface area contributed by atoms with Crippen LogP contribution in [-0.4, -0.2) is 11.8 Å². The molecule has 4 rings (SSSR count). The summed E-state index contributed by atoms with van der Waals surface area (Å²) >= 11 is 0. The largest absolute Gasteiger partial charge is 0.478 e. The molecule has 2 amide bonds. The summed E-state index contributed by atoms with van der Waals surface area (Å²) < 4.78 is 45.2. The van der Waals surface area contributed by atoms with Gasteiger partial charge in [0, 0.05) is 5.56 Å². The van der Waals surface area contributed by atoms with E-state index in [0.29, 0.717) is 17.5 Å². The number of fused-ring (bicyclic) bond motifs is 1. The van der Waals surface area contributed by atoms with Crippen molar-refractivity contribution in [3.8, 4) is 5.75 Å². The van der Waals surface area contributed by atoms with Gasteiger partial charge >= 0.3 is 6.18 Å². The van der Waals surface area contributed by atoms with Crippen LogP contribution in [0.15, 0.2) is 72.8 Å². The van der Waals surface area contributed by atoms with Gasteiger partial charge in [0.05, 0.1) is 16.7 Å². The molecule has 1 atom stereocenters. The average molecular weight is 425 g/mol. The molecule has 0 bridgehead atoms. The third-order valence-corrected chi connectivity index (χ3v) is 5.41. The van der Waals surface area contributed by atoms with E-state index in [9.17, 15) is 22.8 Å². The second-order valence-corrected chi connectivity index (χ2v) is 7.18. The third-order valence-electron chi connectivity index (χ3n) is 5.41. The molecule has 0 saturated carbocycles. The maximum Gasteiger partial charge on any atom is 0.416 e. The molecule has 1 aliphatic rings. The van der Waals surface area contributed by atoms with E-state index in [-0.39, 0.29) is 16.9 Å². The Bertz CT molecular complexity index is 1140. The first-order valence-electron chi connectivity index (χ1n) is 9.67. The molecule has 0 fully saturated rings. The number of carbonyl (C=O) groups is 2. The first-order valence-corrected chi connectivity index (χ1v) is 9.67. The number of halogens is 3. The lowest BCUT2D eigenvalue weighted by Gasteiger charge is -2.36. The van der Waals surface area contributed by atoms with Crippen LogP contribution in [0.4, 0.5) is 13.2 Å². The van der Waals surface area contributed by atoms with E-state index in [2.05, 4.69) is 5.32 Å². The minimum absolute atomic E-state index is 0.209. The van der Waals surface area contributed by atoms with Gasteiger partial charge in [-0.05, 0) is 42.3 Å². The SMILES string of the molecule is CCC(Oc1ccc(C(F)(F)F)cc1)(c1ccccc1)c1cccc2c1C(=O)NC2=O. The van der Waals surface area contributed by atoms with E-state index in [4.69, 9.17) is 4.74 Å². The smallest absolute Gasteiger partial charge is 0.416 e. The van der Waals surface area contributed by atoms with Crippen LogP contribution in [0.25, 0.3) is 0 Å². The van der Waals surface area contributed by atoms with Crippen molar-refractivity contribution in [3.05, 3.63) is 101 Å². The van der Waals surface area contributed by atoms with Crippen LogP contribution in [0.5, 0.6) is 5.75 Å². The summed E-state index contributed by atoms with van der Waals surface area (Å²) in [5.74, 6) is -0.809. The summed E-state index contributed by atoms with van der Waals surface area (Å²) in [5.41, 5.74) is -0.349. The molecule has 0 saturated heterocycles. The lowest BCUT2D eigenvalue weighted by Crippen LogP contribution is -2.36. The zero-order valence-electron chi connectivity index (χ0n) is 16.5. The van der Waals surface area contributed by atoms with Crippen LogP contribution in [0.2, 0.25) is 0 Å². The van der Waals surface area contributed by atoms with Crippen molar-refractivity contribution in [3.63, 3.8) is 0 Å². The van der Waals surface area contributed by atoms with E-state index in [1.54, 1.807) is 18.2 Å². The highest BCUT2D eigenvalue weighted by Gasteiger charge is 2.42. The Morgan fingerprint density at radius 2 is 1.48 bits per heavy atom. The molecule has 0 spiro atoms. The highest BCUT2D eigenvalue weighted by atomic mass is 19.4. The number of rotatable bonds is 5. The Kier molecular flexibility index (Phi) is 5.05. The number of hydrogen-bond donors (Lipinski definition) is 1. The highest BCUT2D eigenvalue weighted by molar-refractivity contribution is 6.22. The topological polar surface area (TPSA) is 55.4 Å². The van der Waals surface area contributed by atoms with Crippen LogP contribution in [0, 0.1) is 0 Å². The Hall–Kier alpha value is -3.61. The van der Waals surface area contributed by atoms with Crippen LogP contribution in [-0.2, 0) is 11.8 Å². The van der Waals surface area contributed by atoms with Crippen LogP contribution in [0.1, 0.15) is 50.8 Å². The first-order chi connectivity index (χ1) is 14.8. The molecule has 1 aliphatic heterocycles. The number of nitrogens with one attached hydrogen (secondary N) is 1. The maximum absolute atomic E-state index is 13.0. The molecule has 7 heteroatoms. The molecular formula is C24H18F3NO3. The Morgan fingerprint density at radius 1 is 0.806 bits per heavy atom. The number of benzene rings is 3. The molecule has 3 aromatic carbocycles. The van der Waals surface area contributed by atoms with Crippen molar-refractivity contribution in [2.75, 3.05) is 0 Å². The van der Waals surface area contributed by atoms with E-state index in [0.717, 1.165) is 12.1 Å². The lowest BCUT2D eigenvalue weighted by atomic mass is 9.80. The molecule has 0 radical (unpaired) electrons. The molecule has 31 heavy (non-hydrogen) atoms. The summed E-state index contributed by atoms with van der Waals surface area (Å²) in [5, 5.41) is 2.30. The summed E-state index contributed by atoms with van der Waals surface area (Å²) in [6, 6.07) is 18.4. The number of imide groups is 1. The van der Waals surface area contributed by atoms with Crippen molar-refractivity contribution >= 4 is 11.8 Å². The molecule has 1 N–H and O–H groups in total. The van der Waals surface area contributed by atoms with Gasteiger partial charge in [0.2, 0.25) is 0 Å². The Morgan fingerprint density at radius 3 is 2.10 bits per heavy atom. The van der Waals surface area contributed by atoms with Gasteiger partial charge in [-0.2, -0.15) is 13.2 Å². The van der Waals surface area contributed by atoms with Gasteiger partial charge in [-0.1, -0.05) is 49.4 Å². The molecule has 0 aromatic heterocycles. The average Bonchev–Trinajstić information content (AvgIpc) is 3.06. The zero-order chi connectivity index (χ0) is 22.2. The number of alkyl halides is 3. The minimum Gasteiger partial charge on any atom is -0.478 e. The zero-order valence-corrected chi connectivity index (χ0v) is 16.5. The van der Waals surface area contributed by atoms with Crippen molar-refractivity contribution in [2.24, 2.45) is 0 Å². The molecular weight excluding hydrogens is 407 g/mol. The van der Waals surface area contributed by atoms with E-state index >= 15 is 0 Å². The fraction of sp³-hybridized carbons (Fsp3) is 0.167. The van der Waals surface area contributed by atoms with Gasteiger partial charge in [-0.3, -0.25) is 14.9 Å². The molecule has 4 nitrogen and oxygen atoms in total. The fourth-order valence-corrected chi connectivity index (χ4v) is 3.91. The van der Waals surface area contributed by atoms with Gasteiger partial charge in [0.25, 0.3) is 11.8 Å². The Balaban J connectivity index is 1.89. The number of amides is 2. The molecule has 1 unspecified atom stereocenters. The van der Waals surface area contributed by atoms with Crippen molar-refractivity contribution in [1.29, 1.82) is 0 Å². The lowest BCUT2D eigenvalue weighted by molar-refractivity contribution is -0.137. The second kappa shape index (κ2) is 7.58. The number of hydrogen-bond acceptors (Lipinski definition) is 3. The number of carbonyl (C=O) groups excluding carboxylic acids is 2. The Labute approximate surface area is 176 Å². The van der Waals surface area contributed by atoms with Crippen LogP contribution >= 0.6 is 0 Å². The normalized spacial score (nSPS) is 15.2. The predicted octanol–water partition coefficient (Wildman–Crippen LogP) is 5.32. The second-order valence-electron chi connectivity index (χ2n) is 7.18. The van der Waals surface area contributed by atoms with E-state index in [1.165, 1.54) is 12.1 Å². The monoisotopic (exact) mass is 425 g/mol. The maximum atomic E-state index is 13.0. The quantitative estimate of drug-likeness (QED) is 0.563. The summed E-state index contributed by atoms with van der Waals surface area (Å²) in [4.78, 5) is 24.8. The van der Waals surface area contributed by atoms with Crippen molar-refractivity contribution in [1.82, 2.24) is 5.32 Å².